The van der Waals surface area contributed by atoms with E-state index in [2.05, 4.69) is 0 Å². The minimum atomic E-state index is -0.311. The molecule has 5 nitrogen and oxygen atoms in total. The fourth-order valence-corrected chi connectivity index (χ4v) is 2.77. The molecule has 0 saturated heterocycles. The van der Waals surface area contributed by atoms with Crippen molar-refractivity contribution in [2.24, 2.45) is 7.05 Å². The van der Waals surface area contributed by atoms with Gasteiger partial charge in [-0.3, -0.25) is 14.5 Å². The van der Waals surface area contributed by atoms with Gasteiger partial charge in [-0.15, -0.1) is 0 Å². The van der Waals surface area contributed by atoms with Crippen LogP contribution in [-0.2, 0) is 13.6 Å². The first-order valence-corrected chi connectivity index (χ1v) is 6.78. The number of rotatable bonds is 2. The number of imide groups is 1. The molecule has 0 saturated carbocycles. The van der Waals surface area contributed by atoms with Crippen LogP contribution in [0.15, 0.2) is 24.3 Å². The van der Waals surface area contributed by atoms with Crippen molar-refractivity contribution < 1.29 is 9.59 Å². The maximum atomic E-state index is 12.5. The van der Waals surface area contributed by atoms with E-state index in [1.54, 1.807) is 18.2 Å². The summed E-state index contributed by atoms with van der Waals surface area (Å²) in [5, 5.41) is 0. The molecule has 3 rings (SSSR count). The molecule has 1 aromatic heterocycles. The molecule has 2 amide bonds. The lowest BCUT2D eigenvalue weighted by atomic mass is 10.1. The molecule has 0 spiro atoms. The highest BCUT2D eigenvalue weighted by Gasteiger charge is 2.37. The van der Waals surface area contributed by atoms with Gasteiger partial charge < -0.3 is 10.3 Å². The van der Waals surface area contributed by atoms with Gasteiger partial charge in [-0.25, -0.2) is 0 Å². The molecular weight excluding hydrogens is 266 g/mol. The highest BCUT2D eigenvalue weighted by molar-refractivity contribution is 6.23. The Labute approximate surface area is 123 Å². The smallest absolute Gasteiger partial charge is 0.263 e. The molecule has 0 atom stereocenters. The van der Waals surface area contributed by atoms with Gasteiger partial charge in [-0.1, -0.05) is 6.07 Å². The number of aryl methyl sites for hydroxylation is 1. The van der Waals surface area contributed by atoms with Crippen molar-refractivity contribution in [3.8, 4) is 0 Å². The number of nitrogen functional groups attached to an aromatic ring is 1. The number of amides is 2. The predicted octanol–water partition coefficient (Wildman–Crippen LogP) is 2.02. The average molecular weight is 283 g/mol. The Bertz CT molecular complexity index is 774. The van der Waals surface area contributed by atoms with E-state index in [9.17, 15) is 9.59 Å². The maximum absolute atomic E-state index is 12.5. The second kappa shape index (κ2) is 4.48. The van der Waals surface area contributed by atoms with Crippen LogP contribution in [0, 0.1) is 13.8 Å². The number of aromatic nitrogens is 1. The molecule has 0 fully saturated rings. The van der Waals surface area contributed by atoms with Gasteiger partial charge in [0.2, 0.25) is 0 Å². The molecule has 0 aliphatic carbocycles. The van der Waals surface area contributed by atoms with Gasteiger partial charge in [0.25, 0.3) is 11.8 Å². The molecule has 0 bridgehead atoms. The minimum Gasteiger partial charge on any atom is -0.398 e. The molecule has 5 heteroatoms. The molecule has 2 heterocycles. The van der Waals surface area contributed by atoms with Gasteiger partial charge in [0.15, 0.2) is 0 Å². The third-order valence-corrected chi connectivity index (χ3v) is 4.24. The molecule has 1 aliphatic heterocycles. The van der Waals surface area contributed by atoms with Crippen LogP contribution in [0.4, 0.5) is 5.69 Å². The summed E-state index contributed by atoms with van der Waals surface area (Å²) in [5.41, 5.74) is 10.0. The summed E-state index contributed by atoms with van der Waals surface area (Å²) >= 11 is 0. The summed E-state index contributed by atoms with van der Waals surface area (Å²) in [6.45, 7) is 4.25. The number of anilines is 1. The van der Waals surface area contributed by atoms with E-state index in [4.69, 9.17) is 5.73 Å². The zero-order valence-electron chi connectivity index (χ0n) is 12.3. The lowest BCUT2D eigenvalue weighted by Gasteiger charge is -2.14. The molecular formula is C16H17N3O2. The Morgan fingerprint density at radius 2 is 1.86 bits per heavy atom. The van der Waals surface area contributed by atoms with E-state index in [-0.39, 0.29) is 18.4 Å². The van der Waals surface area contributed by atoms with E-state index < -0.39 is 0 Å². The molecule has 1 aromatic carbocycles. The lowest BCUT2D eigenvalue weighted by molar-refractivity contribution is 0.0642. The fourth-order valence-electron chi connectivity index (χ4n) is 2.77. The summed E-state index contributed by atoms with van der Waals surface area (Å²) in [7, 11) is 1.97. The zero-order valence-corrected chi connectivity index (χ0v) is 12.3. The number of hydrogen-bond acceptors (Lipinski definition) is 3. The standard InChI is InChI=1S/C16H17N3O2/c1-9-7-11(10(2)18(9)3)8-19-15(20)12-5-4-6-13(17)14(12)16(19)21/h4-7H,8,17H2,1-3H3. The van der Waals surface area contributed by atoms with E-state index >= 15 is 0 Å². The van der Waals surface area contributed by atoms with Gasteiger partial charge in [-0.2, -0.15) is 0 Å². The van der Waals surface area contributed by atoms with Crippen molar-refractivity contribution in [2.45, 2.75) is 20.4 Å². The van der Waals surface area contributed by atoms with E-state index in [0.717, 1.165) is 17.0 Å². The van der Waals surface area contributed by atoms with Crippen LogP contribution >= 0.6 is 0 Å². The van der Waals surface area contributed by atoms with Gasteiger partial charge in [0.05, 0.1) is 17.7 Å². The first-order chi connectivity index (χ1) is 9.91. The quantitative estimate of drug-likeness (QED) is 0.677. The monoisotopic (exact) mass is 283 g/mol. The highest BCUT2D eigenvalue weighted by Crippen LogP contribution is 2.29. The maximum Gasteiger partial charge on any atom is 0.263 e. The Balaban J connectivity index is 1.99. The predicted molar refractivity (Wildman–Crippen MR) is 79.9 cm³/mol. The lowest BCUT2D eigenvalue weighted by Crippen LogP contribution is -2.29. The van der Waals surface area contributed by atoms with E-state index in [1.165, 1.54) is 4.90 Å². The Kier molecular flexibility index (Phi) is 2.86. The van der Waals surface area contributed by atoms with Crippen molar-refractivity contribution in [1.82, 2.24) is 9.47 Å². The third kappa shape index (κ3) is 1.85. The van der Waals surface area contributed by atoms with Gasteiger partial charge >= 0.3 is 0 Å². The fraction of sp³-hybridized carbons (Fsp3) is 0.250. The van der Waals surface area contributed by atoms with Gasteiger partial charge in [0, 0.05) is 24.1 Å². The van der Waals surface area contributed by atoms with Crippen molar-refractivity contribution in [3.63, 3.8) is 0 Å². The van der Waals surface area contributed by atoms with Crippen LogP contribution < -0.4 is 5.73 Å². The third-order valence-electron chi connectivity index (χ3n) is 4.24. The van der Waals surface area contributed by atoms with Crippen LogP contribution in [-0.4, -0.2) is 21.3 Å². The Morgan fingerprint density at radius 1 is 1.14 bits per heavy atom. The average Bonchev–Trinajstić information content (AvgIpc) is 2.83. The minimum absolute atomic E-state index is 0.275. The first-order valence-electron chi connectivity index (χ1n) is 6.78. The number of carbonyl (C=O) groups excluding carboxylic acids is 2. The summed E-state index contributed by atoms with van der Waals surface area (Å²) < 4.78 is 2.04. The molecule has 2 aromatic rings. The Morgan fingerprint density at radius 3 is 2.43 bits per heavy atom. The number of fused-ring (bicyclic) bond motifs is 1. The molecule has 0 radical (unpaired) electrons. The van der Waals surface area contributed by atoms with E-state index in [1.807, 2.05) is 31.5 Å². The number of nitrogens with zero attached hydrogens (tertiary/aromatic N) is 2. The SMILES string of the molecule is Cc1cc(CN2C(=O)c3cccc(N)c3C2=O)c(C)n1C. The summed E-state index contributed by atoms with van der Waals surface area (Å²) in [5.74, 6) is -0.586. The highest BCUT2D eigenvalue weighted by atomic mass is 16.2. The summed E-state index contributed by atoms with van der Waals surface area (Å²) in [4.78, 5) is 26.1. The number of nitrogens with two attached hydrogens (primary N) is 1. The largest absolute Gasteiger partial charge is 0.398 e. The normalized spacial score (nSPS) is 14.0. The topological polar surface area (TPSA) is 68.3 Å². The number of hydrogen-bond donors (Lipinski definition) is 1. The molecule has 21 heavy (non-hydrogen) atoms. The van der Waals surface area contributed by atoms with Crippen molar-refractivity contribution in [3.05, 3.63) is 52.3 Å². The van der Waals surface area contributed by atoms with Crippen LogP contribution in [0.5, 0.6) is 0 Å². The van der Waals surface area contributed by atoms with Crippen LogP contribution in [0.3, 0.4) is 0 Å². The van der Waals surface area contributed by atoms with Crippen molar-refractivity contribution in [1.29, 1.82) is 0 Å². The molecule has 2 N–H and O–H groups in total. The van der Waals surface area contributed by atoms with Crippen molar-refractivity contribution >= 4 is 17.5 Å². The molecule has 1 aliphatic rings. The van der Waals surface area contributed by atoms with Crippen molar-refractivity contribution in [2.75, 3.05) is 5.73 Å². The second-order valence-electron chi connectivity index (χ2n) is 5.42. The zero-order chi connectivity index (χ0) is 15.3. The van der Waals surface area contributed by atoms with Gasteiger partial charge in [-0.05, 0) is 37.6 Å². The molecule has 108 valence electrons. The second-order valence-corrected chi connectivity index (χ2v) is 5.42. The first kappa shape index (κ1) is 13.4. The number of benzene rings is 1. The van der Waals surface area contributed by atoms with E-state index in [0.29, 0.717) is 16.8 Å². The summed E-state index contributed by atoms with van der Waals surface area (Å²) in [6, 6.07) is 6.99. The Hall–Kier alpha value is -2.56. The van der Waals surface area contributed by atoms with Crippen LogP contribution in [0.1, 0.15) is 37.7 Å². The van der Waals surface area contributed by atoms with Gasteiger partial charge in [0.1, 0.15) is 0 Å². The van der Waals surface area contributed by atoms with Crippen LogP contribution in [0.25, 0.3) is 0 Å². The summed E-state index contributed by atoms with van der Waals surface area (Å²) in [6.07, 6.45) is 0. The molecule has 0 unspecified atom stereocenters. The van der Waals surface area contributed by atoms with Crippen LogP contribution in [0.2, 0.25) is 0 Å². The number of carbonyl (C=O) groups is 2.